The monoisotopic (exact) mass is 419 g/mol. The van der Waals surface area contributed by atoms with E-state index in [4.69, 9.17) is 4.74 Å². The molecule has 0 radical (unpaired) electrons. The molecule has 1 saturated heterocycles. The van der Waals surface area contributed by atoms with Gasteiger partial charge in [0.25, 0.3) is 5.69 Å². The highest BCUT2D eigenvalue weighted by Gasteiger charge is 2.27. The molecule has 0 amide bonds. The molecule has 1 fully saturated rings. The van der Waals surface area contributed by atoms with Crippen LogP contribution in [0.2, 0.25) is 0 Å². The molecule has 9 heteroatoms. The van der Waals surface area contributed by atoms with Gasteiger partial charge in [-0.05, 0) is 30.2 Å². The quantitative estimate of drug-likeness (QED) is 0.482. The smallest absolute Gasteiger partial charge is 0.269 e. The molecule has 156 valence electrons. The summed E-state index contributed by atoms with van der Waals surface area (Å²) in [5, 5.41) is 10.7. The van der Waals surface area contributed by atoms with Gasteiger partial charge >= 0.3 is 0 Å². The van der Waals surface area contributed by atoms with Crippen LogP contribution in [0.5, 0.6) is 5.75 Å². The second kappa shape index (κ2) is 9.34. The van der Waals surface area contributed by atoms with E-state index in [2.05, 4.69) is 4.90 Å². The third kappa shape index (κ3) is 5.75. The number of rotatable bonds is 8. The van der Waals surface area contributed by atoms with E-state index in [1.54, 1.807) is 0 Å². The van der Waals surface area contributed by atoms with Crippen molar-refractivity contribution in [3.63, 3.8) is 0 Å². The first-order valence-electron chi connectivity index (χ1n) is 9.52. The highest BCUT2D eigenvalue weighted by atomic mass is 32.2. The first-order valence-corrected chi connectivity index (χ1v) is 11.1. The minimum Gasteiger partial charge on any atom is -0.494 e. The molecule has 0 saturated carbocycles. The summed E-state index contributed by atoms with van der Waals surface area (Å²) in [6.07, 6.45) is 0. The van der Waals surface area contributed by atoms with Crippen molar-refractivity contribution < 1.29 is 18.1 Å². The van der Waals surface area contributed by atoms with Gasteiger partial charge in [0.2, 0.25) is 10.0 Å². The molecule has 8 nitrogen and oxygen atoms in total. The number of ether oxygens (including phenoxy) is 1. The molecule has 0 unspecified atom stereocenters. The molecule has 0 bridgehead atoms. The molecule has 1 heterocycles. The number of sulfonamides is 1. The Morgan fingerprint density at radius 3 is 2.10 bits per heavy atom. The van der Waals surface area contributed by atoms with Crippen LogP contribution in [-0.2, 0) is 22.3 Å². The summed E-state index contributed by atoms with van der Waals surface area (Å²) in [5.41, 5.74) is 1.66. The molecular weight excluding hydrogens is 394 g/mol. The summed E-state index contributed by atoms with van der Waals surface area (Å²) in [6.45, 7) is 5.54. The Morgan fingerprint density at radius 2 is 1.55 bits per heavy atom. The molecule has 2 aromatic carbocycles. The average Bonchev–Trinajstić information content (AvgIpc) is 2.70. The lowest BCUT2D eigenvalue weighted by molar-refractivity contribution is -0.384. The van der Waals surface area contributed by atoms with Gasteiger partial charge in [-0.15, -0.1) is 0 Å². The summed E-state index contributed by atoms with van der Waals surface area (Å²) in [6, 6.07) is 13.6. The number of nitro benzene ring substituents is 1. The zero-order valence-corrected chi connectivity index (χ0v) is 17.2. The van der Waals surface area contributed by atoms with Crippen LogP contribution in [0.3, 0.4) is 0 Å². The van der Waals surface area contributed by atoms with Crippen LogP contribution in [0.4, 0.5) is 5.69 Å². The first-order chi connectivity index (χ1) is 13.9. The van der Waals surface area contributed by atoms with E-state index in [-0.39, 0.29) is 11.4 Å². The third-order valence-electron chi connectivity index (χ3n) is 4.86. The van der Waals surface area contributed by atoms with Crippen molar-refractivity contribution in [1.29, 1.82) is 0 Å². The number of nitrogens with zero attached hydrogens (tertiary/aromatic N) is 3. The maximum Gasteiger partial charge on any atom is 0.269 e. The van der Waals surface area contributed by atoms with Crippen LogP contribution < -0.4 is 4.74 Å². The maximum absolute atomic E-state index is 12.7. The number of benzene rings is 2. The van der Waals surface area contributed by atoms with Crippen molar-refractivity contribution in [3.8, 4) is 5.75 Å². The van der Waals surface area contributed by atoms with Gasteiger partial charge < -0.3 is 4.74 Å². The van der Waals surface area contributed by atoms with Crippen LogP contribution >= 0.6 is 0 Å². The predicted octanol–water partition coefficient (Wildman–Crippen LogP) is 2.64. The molecule has 0 spiro atoms. The van der Waals surface area contributed by atoms with Gasteiger partial charge in [0.15, 0.2) is 0 Å². The van der Waals surface area contributed by atoms with Gasteiger partial charge in [0.05, 0.1) is 17.3 Å². The minimum atomic E-state index is -3.46. The number of hydrogen-bond acceptors (Lipinski definition) is 6. The number of piperazine rings is 1. The Hall–Kier alpha value is -2.49. The molecule has 0 aliphatic carbocycles. The molecule has 29 heavy (non-hydrogen) atoms. The Bertz CT molecular complexity index is 922. The van der Waals surface area contributed by atoms with Crippen LogP contribution in [-0.4, -0.2) is 55.3 Å². The van der Waals surface area contributed by atoms with Gasteiger partial charge in [0, 0.05) is 44.9 Å². The summed E-state index contributed by atoms with van der Waals surface area (Å²) in [7, 11) is -3.46. The fourth-order valence-corrected chi connectivity index (χ4v) is 4.81. The predicted molar refractivity (Wildman–Crippen MR) is 110 cm³/mol. The molecule has 1 aliphatic heterocycles. The molecule has 3 rings (SSSR count). The van der Waals surface area contributed by atoms with Crippen LogP contribution in [0.15, 0.2) is 48.5 Å². The largest absolute Gasteiger partial charge is 0.494 e. The van der Waals surface area contributed by atoms with Crippen LogP contribution in [0.25, 0.3) is 0 Å². The lowest BCUT2D eigenvalue weighted by Gasteiger charge is -2.34. The number of non-ortho nitro benzene ring substituents is 1. The lowest BCUT2D eigenvalue weighted by Crippen LogP contribution is -2.48. The van der Waals surface area contributed by atoms with Crippen LogP contribution in [0, 0.1) is 10.1 Å². The van der Waals surface area contributed by atoms with Crippen molar-refractivity contribution >= 4 is 15.7 Å². The maximum atomic E-state index is 12.7. The Kier molecular flexibility index (Phi) is 6.83. The lowest BCUT2D eigenvalue weighted by atomic mass is 10.2. The van der Waals surface area contributed by atoms with E-state index in [1.807, 2.05) is 31.2 Å². The van der Waals surface area contributed by atoms with Gasteiger partial charge in [-0.3, -0.25) is 15.0 Å². The Labute approximate surface area is 170 Å². The van der Waals surface area contributed by atoms with Crippen molar-refractivity contribution in [2.24, 2.45) is 0 Å². The standard InChI is InChI=1S/C20H25N3O5S/c1-2-28-20-9-5-17(6-10-20)15-21-11-13-22(14-12-21)29(26,27)16-18-3-7-19(8-4-18)23(24)25/h3-10H,2,11-16H2,1H3. The second-order valence-electron chi connectivity index (χ2n) is 6.93. The second-order valence-corrected chi connectivity index (χ2v) is 8.90. The van der Waals surface area contributed by atoms with Gasteiger partial charge in [-0.2, -0.15) is 4.31 Å². The van der Waals surface area contributed by atoms with Crippen LogP contribution in [0.1, 0.15) is 18.1 Å². The third-order valence-corrected chi connectivity index (χ3v) is 6.71. The Morgan fingerprint density at radius 1 is 0.966 bits per heavy atom. The van der Waals surface area contributed by atoms with E-state index in [1.165, 1.54) is 28.6 Å². The van der Waals surface area contributed by atoms with Gasteiger partial charge in [0.1, 0.15) is 5.75 Å². The van der Waals surface area contributed by atoms with Crippen molar-refractivity contribution in [2.45, 2.75) is 19.2 Å². The number of hydrogen-bond donors (Lipinski definition) is 0. The zero-order valence-electron chi connectivity index (χ0n) is 16.4. The fraction of sp³-hybridized carbons (Fsp3) is 0.400. The van der Waals surface area contributed by atoms with Gasteiger partial charge in [-0.1, -0.05) is 24.3 Å². The highest BCUT2D eigenvalue weighted by molar-refractivity contribution is 7.88. The van der Waals surface area contributed by atoms with E-state index >= 15 is 0 Å². The molecule has 0 N–H and O–H groups in total. The zero-order chi connectivity index (χ0) is 20.9. The van der Waals surface area contributed by atoms with E-state index < -0.39 is 14.9 Å². The summed E-state index contributed by atoms with van der Waals surface area (Å²) in [5.74, 6) is 0.697. The fourth-order valence-electron chi connectivity index (χ4n) is 3.30. The summed E-state index contributed by atoms with van der Waals surface area (Å²) in [4.78, 5) is 12.5. The number of nitro groups is 1. The highest BCUT2D eigenvalue weighted by Crippen LogP contribution is 2.19. The van der Waals surface area contributed by atoms with Crippen molar-refractivity contribution in [3.05, 3.63) is 69.8 Å². The van der Waals surface area contributed by atoms with Crippen molar-refractivity contribution in [1.82, 2.24) is 9.21 Å². The Balaban J connectivity index is 1.52. The van der Waals surface area contributed by atoms with E-state index in [9.17, 15) is 18.5 Å². The van der Waals surface area contributed by atoms with E-state index in [0.29, 0.717) is 38.3 Å². The summed E-state index contributed by atoms with van der Waals surface area (Å²) >= 11 is 0. The topological polar surface area (TPSA) is 93.0 Å². The first kappa shape index (κ1) is 21.2. The molecule has 1 aliphatic rings. The molecule has 0 aromatic heterocycles. The molecular formula is C20H25N3O5S. The normalized spacial score (nSPS) is 15.9. The summed E-state index contributed by atoms with van der Waals surface area (Å²) < 4.78 is 32.3. The minimum absolute atomic E-state index is 0.0472. The van der Waals surface area contributed by atoms with Crippen molar-refractivity contribution in [2.75, 3.05) is 32.8 Å². The molecule has 2 aromatic rings. The SMILES string of the molecule is CCOc1ccc(CN2CCN(S(=O)(=O)Cc3ccc([N+](=O)[O-])cc3)CC2)cc1. The average molecular weight is 420 g/mol. The van der Waals surface area contributed by atoms with Gasteiger partial charge in [-0.25, -0.2) is 8.42 Å². The molecule has 0 atom stereocenters. The van der Waals surface area contributed by atoms with E-state index in [0.717, 1.165) is 17.9 Å².